The molecule has 0 aliphatic heterocycles. The first-order chi connectivity index (χ1) is 7.69. The lowest BCUT2D eigenvalue weighted by Crippen LogP contribution is -1.92. The number of benzene rings is 1. The van der Waals surface area contributed by atoms with Crippen molar-refractivity contribution in [1.29, 1.82) is 0 Å². The first-order valence-corrected chi connectivity index (χ1v) is 6.16. The van der Waals surface area contributed by atoms with Gasteiger partial charge in [0.25, 0.3) is 0 Å². The summed E-state index contributed by atoms with van der Waals surface area (Å²) in [5.74, 6) is 0.785. The Morgan fingerprint density at radius 3 is 2.75 bits per heavy atom. The Hall–Kier alpha value is -0.840. The smallest absolute Gasteiger partial charge is 0.202 e. The summed E-state index contributed by atoms with van der Waals surface area (Å²) < 4.78 is 4.23. The molecule has 1 aromatic heterocycles. The molecule has 1 aromatic carbocycles. The van der Waals surface area contributed by atoms with E-state index in [0.717, 1.165) is 16.5 Å². The van der Waals surface area contributed by atoms with Gasteiger partial charge in [-0.05, 0) is 17.7 Å². The quantitative estimate of drug-likeness (QED) is 0.931. The fraction of sp³-hybridized carbons (Fsp3) is 0.200. The van der Waals surface area contributed by atoms with Crippen LogP contribution in [0.2, 0.25) is 10.0 Å². The van der Waals surface area contributed by atoms with Crippen LogP contribution in [0.4, 0.5) is 5.13 Å². The van der Waals surface area contributed by atoms with Crippen molar-refractivity contribution in [3.05, 3.63) is 39.6 Å². The van der Waals surface area contributed by atoms with Gasteiger partial charge in [0, 0.05) is 25.0 Å². The highest BCUT2D eigenvalue weighted by molar-refractivity contribution is 7.09. The minimum Gasteiger partial charge on any atom is -0.363 e. The topological polar surface area (TPSA) is 37.8 Å². The summed E-state index contributed by atoms with van der Waals surface area (Å²) in [7, 11) is 1.82. The number of nitrogens with one attached hydrogen (secondary N) is 1. The molecule has 6 heteroatoms. The molecule has 0 fully saturated rings. The van der Waals surface area contributed by atoms with E-state index in [1.54, 1.807) is 6.07 Å². The average Bonchev–Trinajstić information content (AvgIpc) is 2.71. The van der Waals surface area contributed by atoms with Crippen molar-refractivity contribution < 1.29 is 0 Å². The lowest BCUT2D eigenvalue weighted by Gasteiger charge is -2.00. The van der Waals surface area contributed by atoms with Crippen molar-refractivity contribution in [3.8, 4) is 0 Å². The zero-order valence-corrected chi connectivity index (χ0v) is 10.8. The van der Waals surface area contributed by atoms with Crippen LogP contribution in [0.15, 0.2) is 18.2 Å². The Kier molecular flexibility index (Phi) is 3.63. The van der Waals surface area contributed by atoms with E-state index in [0.29, 0.717) is 16.5 Å². The van der Waals surface area contributed by atoms with Crippen molar-refractivity contribution in [1.82, 2.24) is 9.36 Å². The van der Waals surface area contributed by atoms with Crippen molar-refractivity contribution in [3.63, 3.8) is 0 Å². The standard InChI is InChI=1S/C10H9Cl2N3S/c1-13-10-14-9(15-16-10)5-6-2-3-7(11)8(12)4-6/h2-4H,5H2,1H3,(H,13,14,15). The number of hydrogen-bond donors (Lipinski definition) is 1. The maximum absolute atomic E-state index is 5.93. The second-order valence-corrected chi connectivity index (χ2v) is 4.76. The van der Waals surface area contributed by atoms with E-state index in [2.05, 4.69) is 14.7 Å². The summed E-state index contributed by atoms with van der Waals surface area (Å²) >= 11 is 13.1. The third kappa shape index (κ3) is 2.64. The lowest BCUT2D eigenvalue weighted by molar-refractivity contribution is 1.04. The highest BCUT2D eigenvalue weighted by Gasteiger charge is 2.05. The van der Waals surface area contributed by atoms with Gasteiger partial charge in [0.2, 0.25) is 5.13 Å². The summed E-state index contributed by atoms with van der Waals surface area (Å²) in [6.07, 6.45) is 0.662. The van der Waals surface area contributed by atoms with E-state index in [-0.39, 0.29) is 0 Å². The molecular formula is C10H9Cl2N3S. The van der Waals surface area contributed by atoms with E-state index >= 15 is 0 Å². The van der Waals surface area contributed by atoms with E-state index < -0.39 is 0 Å². The Morgan fingerprint density at radius 2 is 2.12 bits per heavy atom. The van der Waals surface area contributed by atoms with Crippen LogP contribution in [0.3, 0.4) is 0 Å². The normalized spacial score (nSPS) is 10.4. The summed E-state index contributed by atoms with van der Waals surface area (Å²) in [6, 6.07) is 5.54. The van der Waals surface area contributed by atoms with Crippen molar-refractivity contribution in [2.75, 3.05) is 12.4 Å². The minimum absolute atomic E-state index is 0.559. The molecule has 84 valence electrons. The molecule has 2 rings (SSSR count). The fourth-order valence-electron chi connectivity index (χ4n) is 1.26. The average molecular weight is 274 g/mol. The van der Waals surface area contributed by atoms with E-state index in [9.17, 15) is 0 Å². The third-order valence-corrected chi connectivity index (χ3v) is 3.54. The molecular weight excluding hydrogens is 265 g/mol. The maximum atomic E-state index is 5.93. The molecule has 0 atom stereocenters. The van der Waals surface area contributed by atoms with Crippen LogP contribution >= 0.6 is 34.7 Å². The summed E-state index contributed by atoms with van der Waals surface area (Å²) in [6.45, 7) is 0. The molecule has 0 radical (unpaired) electrons. The Morgan fingerprint density at radius 1 is 1.31 bits per heavy atom. The van der Waals surface area contributed by atoms with Crippen molar-refractivity contribution >= 4 is 39.9 Å². The Bertz CT molecular complexity index is 499. The second-order valence-electron chi connectivity index (χ2n) is 3.19. The number of hydrogen-bond acceptors (Lipinski definition) is 4. The molecule has 2 aromatic rings. The van der Waals surface area contributed by atoms with Gasteiger partial charge in [0.05, 0.1) is 10.0 Å². The maximum Gasteiger partial charge on any atom is 0.202 e. The molecule has 0 saturated heterocycles. The van der Waals surface area contributed by atoms with Crippen LogP contribution in [-0.2, 0) is 6.42 Å². The Balaban J connectivity index is 2.17. The van der Waals surface area contributed by atoms with Gasteiger partial charge in [-0.1, -0.05) is 29.3 Å². The molecule has 1 N–H and O–H groups in total. The van der Waals surface area contributed by atoms with E-state index in [1.807, 2.05) is 19.2 Å². The summed E-state index contributed by atoms with van der Waals surface area (Å²) in [4.78, 5) is 4.30. The monoisotopic (exact) mass is 273 g/mol. The first-order valence-electron chi connectivity index (χ1n) is 4.63. The predicted octanol–water partition coefficient (Wildman–Crippen LogP) is 3.48. The second kappa shape index (κ2) is 4.99. The highest BCUT2D eigenvalue weighted by atomic mass is 35.5. The van der Waals surface area contributed by atoms with Gasteiger partial charge in [0.1, 0.15) is 5.82 Å². The molecule has 3 nitrogen and oxygen atoms in total. The van der Waals surface area contributed by atoms with Crippen LogP contribution < -0.4 is 5.32 Å². The first kappa shape index (κ1) is 11.6. The number of anilines is 1. The molecule has 0 saturated carbocycles. The van der Waals surface area contributed by atoms with Gasteiger partial charge in [-0.15, -0.1) is 0 Å². The summed E-state index contributed by atoms with van der Waals surface area (Å²) in [5, 5.41) is 4.89. The molecule has 0 amide bonds. The van der Waals surface area contributed by atoms with Crippen LogP contribution in [0.1, 0.15) is 11.4 Å². The Labute approximate surface area is 108 Å². The van der Waals surface area contributed by atoms with Crippen molar-refractivity contribution in [2.24, 2.45) is 0 Å². The van der Waals surface area contributed by atoms with E-state index in [4.69, 9.17) is 23.2 Å². The summed E-state index contributed by atoms with van der Waals surface area (Å²) in [5.41, 5.74) is 1.05. The molecule has 16 heavy (non-hydrogen) atoms. The van der Waals surface area contributed by atoms with Crippen LogP contribution in [0, 0.1) is 0 Å². The predicted molar refractivity (Wildman–Crippen MR) is 68.7 cm³/mol. The van der Waals surface area contributed by atoms with Gasteiger partial charge in [-0.2, -0.15) is 4.37 Å². The number of nitrogens with zero attached hydrogens (tertiary/aromatic N) is 2. The molecule has 0 aliphatic carbocycles. The molecule has 0 unspecified atom stereocenters. The minimum atomic E-state index is 0.559. The fourth-order valence-corrected chi connectivity index (χ4v) is 2.11. The van der Waals surface area contributed by atoms with Crippen LogP contribution in [0.25, 0.3) is 0 Å². The highest BCUT2D eigenvalue weighted by Crippen LogP contribution is 2.23. The number of aromatic nitrogens is 2. The molecule has 1 heterocycles. The van der Waals surface area contributed by atoms with Gasteiger partial charge in [0.15, 0.2) is 0 Å². The van der Waals surface area contributed by atoms with Crippen LogP contribution in [-0.4, -0.2) is 16.4 Å². The van der Waals surface area contributed by atoms with E-state index in [1.165, 1.54) is 11.5 Å². The zero-order chi connectivity index (χ0) is 11.5. The molecule has 0 spiro atoms. The molecule has 0 aliphatic rings. The van der Waals surface area contributed by atoms with Crippen molar-refractivity contribution in [2.45, 2.75) is 6.42 Å². The lowest BCUT2D eigenvalue weighted by atomic mass is 10.1. The largest absolute Gasteiger partial charge is 0.363 e. The van der Waals surface area contributed by atoms with Gasteiger partial charge in [-0.25, -0.2) is 4.98 Å². The van der Waals surface area contributed by atoms with Gasteiger partial charge in [-0.3, -0.25) is 0 Å². The third-order valence-electron chi connectivity index (χ3n) is 2.03. The number of rotatable bonds is 3. The van der Waals surface area contributed by atoms with Gasteiger partial charge >= 0.3 is 0 Å². The van der Waals surface area contributed by atoms with Gasteiger partial charge < -0.3 is 5.32 Å². The zero-order valence-electron chi connectivity index (χ0n) is 8.50. The van der Waals surface area contributed by atoms with Crippen LogP contribution in [0.5, 0.6) is 0 Å². The molecule has 0 bridgehead atoms. The SMILES string of the molecule is CNc1nc(Cc2ccc(Cl)c(Cl)c2)ns1. The number of halogens is 2.